The van der Waals surface area contributed by atoms with Crippen LogP contribution in [0.1, 0.15) is 33.9 Å². The third kappa shape index (κ3) is 4.27. The lowest BCUT2D eigenvalue weighted by molar-refractivity contribution is -0.137. The van der Waals surface area contributed by atoms with Crippen LogP contribution in [0.2, 0.25) is 0 Å². The standard InChI is InChI=1S/C27H22F3NO4/c1-15-7-4-5-10-20(15)23-22(24(32)17-11-12-21(35-3)16(2)13-17)25(33)26(34)31(23)19-9-6-8-18(14-19)27(28,29)30/h4-14,23,32H,1-3H3/b24-22+. The first-order valence-electron chi connectivity index (χ1n) is 10.7. The minimum Gasteiger partial charge on any atom is -0.507 e. The number of methoxy groups -OCH3 is 1. The molecule has 1 N–H and O–H groups in total. The number of aryl methyl sites for hydroxylation is 2. The van der Waals surface area contributed by atoms with E-state index in [9.17, 15) is 27.9 Å². The maximum atomic E-state index is 13.4. The number of carbonyl (C=O) groups excluding carboxylic acids is 2. The van der Waals surface area contributed by atoms with Gasteiger partial charge in [0.2, 0.25) is 0 Å². The zero-order chi connectivity index (χ0) is 25.5. The Morgan fingerprint density at radius 3 is 2.29 bits per heavy atom. The number of benzene rings is 3. The Morgan fingerprint density at radius 2 is 1.66 bits per heavy atom. The number of ether oxygens (including phenoxy) is 1. The van der Waals surface area contributed by atoms with Crippen molar-refractivity contribution in [3.63, 3.8) is 0 Å². The summed E-state index contributed by atoms with van der Waals surface area (Å²) in [5, 5.41) is 11.2. The third-order valence-electron chi connectivity index (χ3n) is 6.05. The fraction of sp³-hybridized carbons (Fsp3) is 0.185. The van der Waals surface area contributed by atoms with E-state index in [1.54, 1.807) is 56.3 Å². The lowest BCUT2D eigenvalue weighted by atomic mass is 9.92. The fourth-order valence-corrected chi connectivity index (χ4v) is 4.30. The van der Waals surface area contributed by atoms with E-state index < -0.39 is 35.2 Å². The van der Waals surface area contributed by atoms with E-state index in [0.29, 0.717) is 22.4 Å². The monoisotopic (exact) mass is 481 g/mol. The molecule has 1 heterocycles. The molecule has 1 saturated heterocycles. The number of ketones is 1. The molecule has 0 radical (unpaired) electrons. The number of amides is 1. The molecule has 0 aliphatic carbocycles. The van der Waals surface area contributed by atoms with Crippen LogP contribution in [-0.4, -0.2) is 23.9 Å². The molecule has 1 aliphatic rings. The number of carbonyl (C=O) groups is 2. The number of hydrogen-bond acceptors (Lipinski definition) is 4. The topological polar surface area (TPSA) is 66.8 Å². The Kier molecular flexibility index (Phi) is 6.15. The number of anilines is 1. The summed E-state index contributed by atoms with van der Waals surface area (Å²) >= 11 is 0. The smallest absolute Gasteiger partial charge is 0.416 e. The number of aliphatic hydroxyl groups excluding tert-OH is 1. The summed E-state index contributed by atoms with van der Waals surface area (Å²) in [6.45, 7) is 3.52. The van der Waals surface area contributed by atoms with Crippen LogP contribution in [0.5, 0.6) is 5.75 Å². The third-order valence-corrected chi connectivity index (χ3v) is 6.05. The van der Waals surface area contributed by atoms with Crippen LogP contribution in [0.15, 0.2) is 72.3 Å². The first-order chi connectivity index (χ1) is 16.5. The number of alkyl halides is 3. The minimum absolute atomic E-state index is 0.0971. The Bertz CT molecular complexity index is 1360. The molecule has 1 unspecified atom stereocenters. The zero-order valence-corrected chi connectivity index (χ0v) is 19.2. The average Bonchev–Trinajstić information content (AvgIpc) is 3.08. The quantitative estimate of drug-likeness (QED) is 0.284. The van der Waals surface area contributed by atoms with Crippen molar-refractivity contribution in [3.05, 3.63) is 100 Å². The van der Waals surface area contributed by atoms with Crippen LogP contribution in [0.4, 0.5) is 18.9 Å². The van der Waals surface area contributed by atoms with Crippen LogP contribution >= 0.6 is 0 Å². The van der Waals surface area contributed by atoms with E-state index in [1.165, 1.54) is 19.2 Å². The molecule has 3 aromatic carbocycles. The van der Waals surface area contributed by atoms with Gasteiger partial charge in [0, 0.05) is 11.3 Å². The minimum atomic E-state index is -4.64. The molecule has 0 aromatic heterocycles. The second-order valence-electron chi connectivity index (χ2n) is 8.26. The summed E-state index contributed by atoms with van der Waals surface area (Å²) in [4.78, 5) is 27.5. The highest BCUT2D eigenvalue weighted by Crippen LogP contribution is 2.44. The van der Waals surface area contributed by atoms with Crippen molar-refractivity contribution in [1.29, 1.82) is 0 Å². The predicted octanol–water partition coefficient (Wildman–Crippen LogP) is 5.96. The SMILES string of the molecule is COc1ccc(/C(O)=C2\C(=O)C(=O)N(c3cccc(C(F)(F)F)c3)C2c2ccccc2C)cc1C. The summed E-state index contributed by atoms with van der Waals surface area (Å²) in [6.07, 6.45) is -4.64. The number of rotatable bonds is 4. The van der Waals surface area contributed by atoms with Gasteiger partial charge in [0.1, 0.15) is 11.5 Å². The molecule has 1 aliphatic heterocycles. The van der Waals surface area contributed by atoms with Gasteiger partial charge in [-0.3, -0.25) is 14.5 Å². The molecule has 180 valence electrons. The Balaban J connectivity index is 1.97. The van der Waals surface area contributed by atoms with Crippen molar-refractivity contribution in [2.24, 2.45) is 0 Å². The Morgan fingerprint density at radius 1 is 0.943 bits per heavy atom. The van der Waals surface area contributed by atoms with Crippen LogP contribution < -0.4 is 9.64 Å². The van der Waals surface area contributed by atoms with E-state index in [-0.39, 0.29) is 16.8 Å². The van der Waals surface area contributed by atoms with Crippen LogP contribution in [0, 0.1) is 13.8 Å². The van der Waals surface area contributed by atoms with E-state index in [2.05, 4.69) is 0 Å². The van der Waals surface area contributed by atoms with Crippen molar-refractivity contribution in [3.8, 4) is 5.75 Å². The molecule has 4 rings (SSSR count). The maximum absolute atomic E-state index is 13.4. The van der Waals surface area contributed by atoms with Gasteiger partial charge in [0.05, 0.1) is 24.3 Å². The van der Waals surface area contributed by atoms with Gasteiger partial charge in [0.25, 0.3) is 11.7 Å². The number of aliphatic hydroxyl groups is 1. The van der Waals surface area contributed by atoms with Gasteiger partial charge in [-0.1, -0.05) is 30.3 Å². The normalized spacial score (nSPS) is 17.7. The van der Waals surface area contributed by atoms with Crippen molar-refractivity contribution in [1.82, 2.24) is 0 Å². The van der Waals surface area contributed by atoms with Gasteiger partial charge in [-0.25, -0.2) is 0 Å². The molecule has 3 aromatic rings. The summed E-state index contributed by atoms with van der Waals surface area (Å²) in [6, 6.07) is 14.8. The van der Waals surface area contributed by atoms with Crippen LogP contribution in [0.25, 0.3) is 5.76 Å². The highest BCUT2D eigenvalue weighted by Gasteiger charge is 2.47. The number of Topliss-reactive ketones (excluding diaryl/α,β-unsaturated/α-hetero) is 1. The summed E-state index contributed by atoms with van der Waals surface area (Å²) < 4.78 is 45.5. The molecular weight excluding hydrogens is 459 g/mol. The molecular formula is C27H22F3NO4. The van der Waals surface area contributed by atoms with E-state index in [1.807, 2.05) is 0 Å². The highest BCUT2D eigenvalue weighted by molar-refractivity contribution is 6.51. The fourth-order valence-electron chi connectivity index (χ4n) is 4.30. The molecule has 1 amide bonds. The predicted molar refractivity (Wildman–Crippen MR) is 125 cm³/mol. The summed E-state index contributed by atoms with van der Waals surface area (Å²) in [5.41, 5.74) is 0.932. The van der Waals surface area contributed by atoms with E-state index in [4.69, 9.17) is 4.74 Å². The van der Waals surface area contributed by atoms with Crippen molar-refractivity contribution in [2.75, 3.05) is 12.0 Å². The molecule has 0 spiro atoms. The van der Waals surface area contributed by atoms with Gasteiger partial charge in [-0.05, 0) is 66.9 Å². The van der Waals surface area contributed by atoms with Gasteiger partial charge in [-0.2, -0.15) is 13.2 Å². The maximum Gasteiger partial charge on any atom is 0.416 e. The van der Waals surface area contributed by atoms with Gasteiger partial charge in [0.15, 0.2) is 0 Å². The molecule has 0 saturated carbocycles. The molecule has 1 fully saturated rings. The number of halogens is 3. The number of hydrogen-bond donors (Lipinski definition) is 1. The average molecular weight is 481 g/mol. The lowest BCUT2D eigenvalue weighted by Gasteiger charge is -2.27. The second kappa shape index (κ2) is 8.94. The molecule has 0 bridgehead atoms. The molecule has 35 heavy (non-hydrogen) atoms. The summed E-state index contributed by atoms with van der Waals surface area (Å²) in [7, 11) is 1.50. The summed E-state index contributed by atoms with van der Waals surface area (Å²) in [5.74, 6) is -1.86. The molecule has 1 atom stereocenters. The van der Waals surface area contributed by atoms with Crippen molar-refractivity contribution >= 4 is 23.1 Å². The van der Waals surface area contributed by atoms with Crippen LogP contribution in [-0.2, 0) is 15.8 Å². The second-order valence-corrected chi connectivity index (χ2v) is 8.26. The first kappa shape index (κ1) is 24.1. The van der Waals surface area contributed by atoms with E-state index in [0.717, 1.165) is 17.0 Å². The van der Waals surface area contributed by atoms with Crippen molar-refractivity contribution < 1.29 is 32.6 Å². The van der Waals surface area contributed by atoms with Gasteiger partial charge in [-0.15, -0.1) is 0 Å². The zero-order valence-electron chi connectivity index (χ0n) is 19.2. The van der Waals surface area contributed by atoms with Crippen molar-refractivity contribution in [2.45, 2.75) is 26.1 Å². The Labute approximate surface area is 200 Å². The highest BCUT2D eigenvalue weighted by atomic mass is 19.4. The number of nitrogens with zero attached hydrogens (tertiary/aromatic N) is 1. The molecule has 8 heteroatoms. The van der Waals surface area contributed by atoms with Gasteiger partial charge < -0.3 is 9.84 Å². The molecule has 5 nitrogen and oxygen atoms in total. The lowest BCUT2D eigenvalue weighted by Crippen LogP contribution is -2.30. The largest absolute Gasteiger partial charge is 0.507 e. The van der Waals surface area contributed by atoms with E-state index >= 15 is 0 Å². The Hall–Kier alpha value is -4.07. The van der Waals surface area contributed by atoms with Gasteiger partial charge >= 0.3 is 6.18 Å². The van der Waals surface area contributed by atoms with Crippen LogP contribution in [0.3, 0.4) is 0 Å². The first-order valence-corrected chi connectivity index (χ1v) is 10.7.